The van der Waals surface area contributed by atoms with Gasteiger partial charge in [-0.15, -0.1) is 0 Å². The Balaban J connectivity index is 2.18. The van der Waals surface area contributed by atoms with Crippen LogP contribution in [0, 0.1) is 22.5 Å². The van der Waals surface area contributed by atoms with Crippen molar-refractivity contribution in [2.45, 2.75) is 39.3 Å². The Bertz CT molecular complexity index is 485. The van der Waals surface area contributed by atoms with Gasteiger partial charge in [0, 0.05) is 29.3 Å². The number of aryl methyl sites for hydroxylation is 1. The summed E-state index contributed by atoms with van der Waals surface area (Å²) < 4.78 is 0. The minimum absolute atomic E-state index is 0.0928. The minimum atomic E-state index is -0.390. The van der Waals surface area contributed by atoms with Gasteiger partial charge in [0.25, 0.3) is 5.69 Å². The average Bonchev–Trinajstić information content (AvgIpc) is 2.28. The zero-order valence-electron chi connectivity index (χ0n) is 10.8. The maximum absolute atomic E-state index is 10.8. The number of non-ortho nitro benzene ring substituents is 1. The third-order valence-electron chi connectivity index (χ3n) is 3.83. The van der Waals surface area contributed by atoms with Gasteiger partial charge in [0.1, 0.15) is 0 Å². The molecule has 1 aromatic rings. The number of nitrogens with zero attached hydrogens (tertiary/aromatic N) is 1. The topological polar surface area (TPSA) is 75.4 Å². The second-order valence-electron chi connectivity index (χ2n) is 5.58. The van der Waals surface area contributed by atoms with E-state index in [1.807, 2.05) is 26.8 Å². The van der Waals surface area contributed by atoms with Crippen LogP contribution in [0.1, 0.15) is 25.8 Å². The molecule has 1 aromatic carbocycles. The number of hydrogen-bond donors (Lipinski definition) is 2. The number of nitrogens with one attached hydrogen (secondary N) is 1. The van der Waals surface area contributed by atoms with Gasteiger partial charge in [-0.1, -0.05) is 13.8 Å². The smallest absolute Gasteiger partial charge is 0.271 e. The summed E-state index contributed by atoms with van der Waals surface area (Å²) in [5.41, 5.74) is 1.49. The first-order valence-electron chi connectivity index (χ1n) is 6.01. The summed E-state index contributed by atoms with van der Waals surface area (Å²) in [7, 11) is 0. The molecule has 0 amide bonds. The van der Waals surface area contributed by atoms with Crippen LogP contribution in [0.3, 0.4) is 0 Å². The number of nitro benzene ring substituents is 1. The summed E-state index contributed by atoms with van der Waals surface area (Å²) >= 11 is 0. The molecule has 5 heteroatoms. The number of benzene rings is 1. The van der Waals surface area contributed by atoms with Gasteiger partial charge in [-0.2, -0.15) is 0 Å². The molecule has 2 N–H and O–H groups in total. The minimum Gasteiger partial charge on any atom is -0.392 e. The summed E-state index contributed by atoms with van der Waals surface area (Å²) in [5.74, 6) is 0. The molecule has 2 rings (SSSR count). The molecule has 0 aliphatic heterocycles. The highest BCUT2D eigenvalue weighted by atomic mass is 16.6. The summed E-state index contributed by atoms with van der Waals surface area (Å²) in [6.07, 6.45) is 0.365. The van der Waals surface area contributed by atoms with Gasteiger partial charge in [0.05, 0.1) is 11.0 Å². The molecule has 0 heterocycles. The number of aliphatic hydroxyl groups is 1. The Labute approximate surface area is 106 Å². The van der Waals surface area contributed by atoms with Gasteiger partial charge in [-0.25, -0.2) is 0 Å². The van der Waals surface area contributed by atoms with E-state index in [-0.39, 0.29) is 28.2 Å². The van der Waals surface area contributed by atoms with Crippen molar-refractivity contribution in [3.05, 3.63) is 33.9 Å². The van der Waals surface area contributed by atoms with E-state index in [2.05, 4.69) is 5.32 Å². The lowest BCUT2D eigenvalue weighted by molar-refractivity contribution is -0.384. The molecule has 1 aliphatic rings. The third-order valence-corrected chi connectivity index (χ3v) is 3.83. The lowest BCUT2D eigenvalue weighted by Crippen LogP contribution is -2.56. The highest BCUT2D eigenvalue weighted by Gasteiger charge is 2.47. The molecule has 0 bridgehead atoms. The standard InChI is InChI=1S/C13H18N2O3/c1-8-4-9(6-10(5-8)15(17)18)14-11-7-12(16)13(11,2)3/h4-6,11-12,14,16H,7H2,1-3H3. The molecule has 1 fully saturated rings. The van der Waals surface area contributed by atoms with Gasteiger partial charge < -0.3 is 10.4 Å². The summed E-state index contributed by atoms with van der Waals surface area (Å²) in [6.45, 7) is 5.81. The number of anilines is 1. The molecule has 2 unspecified atom stereocenters. The van der Waals surface area contributed by atoms with E-state index in [0.717, 1.165) is 11.3 Å². The Morgan fingerprint density at radius 1 is 1.44 bits per heavy atom. The van der Waals surface area contributed by atoms with E-state index in [0.29, 0.717) is 6.42 Å². The largest absolute Gasteiger partial charge is 0.392 e. The number of aliphatic hydroxyl groups excluding tert-OH is 1. The fraction of sp³-hybridized carbons (Fsp3) is 0.538. The van der Waals surface area contributed by atoms with Crippen LogP contribution in [0.4, 0.5) is 11.4 Å². The van der Waals surface area contributed by atoms with Crippen molar-refractivity contribution in [1.82, 2.24) is 0 Å². The van der Waals surface area contributed by atoms with Crippen molar-refractivity contribution < 1.29 is 10.0 Å². The predicted octanol–water partition coefficient (Wildman–Crippen LogP) is 2.47. The number of hydrogen-bond acceptors (Lipinski definition) is 4. The zero-order valence-corrected chi connectivity index (χ0v) is 10.8. The van der Waals surface area contributed by atoms with E-state index in [4.69, 9.17) is 0 Å². The quantitative estimate of drug-likeness (QED) is 0.638. The van der Waals surface area contributed by atoms with Gasteiger partial charge in [0.15, 0.2) is 0 Å². The van der Waals surface area contributed by atoms with Crippen LogP contribution in [0.25, 0.3) is 0 Å². The fourth-order valence-corrected chi connectivity index (χ4v) is 2.30. The molecule has 5 nitrogen and oxygen atoms in total. The fourth-order valence-electron chi connectivity index (χ4n) is 2.30. The first-order chi connectivity index (χ1) is 8.30. The van der Waals surface area contributed by atoms with Crippen molar-refractivity contribution >= 4 is 11.4 Å². The molecule has 1 saturated carbocycles. The Morgan fingerprint density at radius 3 is 2.61 bits per heavy atom. The molecular formula is C13H18N2O3. The van der Waals surface area contributed by atoms with E-state index in [1.165, 1.54) is 6.07 Å². The SMILES string of the molecule is Cc1cc(NC2CC(O)C2(C)C)cc([N+](=O)[O-])c1. The molecule has 2 atom stereocenters. The Morgan fingerprint density at radius 2 is 2.11 bits per heavy atom. The number of nitro groups is 1. The molecule has 1 aliphatic carbocycles. The van der Waals surface area contributed by atoms with Crippen molar-refractivity contribution in [2.24, 2.45) is 5.41 Å². The second-order valence-corrected chi connectivity index (χ2v) is 5.58. The zero-order chi connectivity index (χ0) is 13.5. The number of rotatable bonds is 3. The molecule has 98 valence electrons. The second kappa shape index (κ2) is 4.24. The van der Waals surface area contributed by atoms with Crippen LogP contribution in [0.2, 0.25) is 0 Å². The average molecular weight is 250 g/mol. The van der Waals surface area contributed by atoms with E-state index < -0.39 is 0 Å². The van der Waals surface area contributed by atoms with Crippen molar-refractivity contribution in [3.63, 3.8) is 0 Å². The van der Waals surface area contributed by atoms with E-state index >= 15 is 0 Å². The third kappa shape index (κ3) is 2.18. The van der Waals surface area contributed by atoms with Crippen molar-refractivity contribution in [1.29, 1.82) is 0 Å². The molecule has 0 saturated heterocycles. The Kier molecular flexibility index (Phi) is 3.02. The van der Waals surface area contributed by atoms with Gasteiger partial charge >= 0.3 is 0 Å². The van der Waals surface area contributed by atoms with Gasteiger partial charge in [-0.3, -0.25) is 10.1 Å². The van der Waals surface area contributed by atoms with Crippen molar-refractivity contribution in [3.8, 4) is 0 Å². The van der Waals surface area contributed by atoms with Crippen LogP contribution >= 0.6 is 0 Å². The van der Waals surface area contributed by atoms with E-state index in [9.17, 15) is 15.2 Å². The maximum atomic E-state index is 10.8. The van der Waals surface area contributed by atoms with Crippen LogP contribution < -0.4 is 5.32 Å². The normalized spacial score (nSPS) is 25.3. The van der Waals surface area contributed by atoms with Crippen molar-refractivity contribution in [2.75, 3.05) is 5.32 Å². The van der Waals surface area contributed by atoms with Crippen LogP contribution in [0.5, 0.6) is 0 Å². The molecular weight excluding hydrogens is 232 g/mol. The first kappa shape index (κ1) is 12.8. The highest BCUT2D eigenvalue weighted by Crippen LogP contribution is 2.42. The highest BCUT2D eigenvalue weighted by molar-refractivity contribution is 5.55. The summed E-state index contributed by atoms with van der Waals surface area (Å²) in [5, 5.41) is 23.7. The predicted molar refractivity (Wildman–Crippen MR) is 69.6 cm³/mol. The maximum Gasteiger partial charge on any atom is 0.271 e. The van der Waals surface area contributed by atoms with Gasteiger partial charge in [-0.05, 0) is 25.0 Å². The van der Waals surface area contributed by atoms with Crippen LogP contribution in [-0.4, -0.2) is 22.2 Å². The Hall–Kier alpha value is -1.62. The first-order valence-corrected chi connectivity index (χ1v) is 6.01. The molecule has 0 radical (unpaired) electrons. The summed E-state index contributed by atoms with van der Waals surface area (Å²) in [4.78, 5) is 10.4. The lowest BCUT2D eigenvalue weighted by atomic mass is 9.64. The summed E-state index contributed by atoms with van der Waals surface area (Å²) in [6, 6.07) is 5.11. The van der Waals surface area contributed by atoms with E-state index in [1.54, 1.807) is 6.07 Å². The van der Waals surface area contributed by atoms with Gasteiger partial charge in [0.2, 0.25) is 0 Å². The molecule has 0 spiro atoms. The molecule has 18 heavy (non-hydrogen) atoms. The monoisotopic (exact) mass is 250 g/mol. The molecule has 0 aromatic heterocycles. The lowest BCUT2D eigenvalue weighted by Gasteiger charge is -2.49. The van der Waals surface area contributed by atoms with Crippen LogP contribution in [-0.2, 0) is 0 Å². The van der Waals surface area contributed by atoms with Crippen LogP contribution in [0.15, 0.2) is 18.2 Å².